The van der Waals surface area contributed by atoms with Crippen molar-refractivity contribution in [3.8, 4) is 28.7 Å². The standard InChI is InChI=1S/C75H136O6/c1-57(2)26-17-29-60(7)32-20-35-63(10)38-23-41-66(13)48-51-78-72-54-70(55-76)73(81-56-69-44-46-71(77-16)47-45-69)75(80-53-50-68(15)43-25-40-65(12)37-22-34-62(9)31-19-28-59(5)6)74(72)79-52-49-67(14)42-24-39-64(11)36-21-33-61(8)30-18-27-58(3)4/h44-47,54,57-68,76H,17-43,48-53,55-56H2,1-16H3. The van der Waals surface area contributed by atoms with Gasteiger partial charge in [-0.2, -0.15) is 0 Å². The molecule has 0 saturated heterocycles. The summed E-state index contributed by atoms with van der Waals surface area (Å²) in [6, 6.07) is 9.94. The van der Waals surface area contributed by atoms with Crippen molar-refractivity contribution in [1.29, 1.82) is 0 Å². The Labute approximate surface area is 504 Å². The lowest BCUT2D eigenvalue weighted by atomic mass is 9.91. The highest BCUT2D eigenvalue weighted by Crippen LogP contribution is 2.48. The fourth-order valence-electron chi connectivity index (χ4n) is 12.1. The monoisotopic (exact) mass is 1130 g/mol. The highest BCUT2D eigenvalue weighted by Gasteiger charge is 2.25. The van der Waals surface area contributed by atoms with Crippen LogP contribution in [0.3, 0.4) is 0 Å². The van der Waals surface area contributed by atoms with Crippen LogP contribution in [0.4, 0.5) is 0 Å². The quantitative estimate of drug-likeness (QED) is 0.0712. The molecule has 6 nitrogen and oxygen atoms in total. The van der Waals surface area contributed by atoms with Crippen molar-refractivity contribution in [3.05, 3.63) is 41.5 Å². The predicted molar refractivity (Wildman–Crippen MR) is 352 cm³/mol. The molecule has 0 saturated carbocycles. The van der Waals surface area contributed by atoms with Crippen LogP contribution in [-0.2, 0) is 13.2 Å². The lowest BCUT2D eigenvalue weighted by molar-refractivity contribution is 0.198. The summed E-state index contributed by atoms with van der Waals surface area (Å²) >= 11 is 0. The maximum atomic E-state index is 11.0. The van der Waals surface area contributed by atoms with E-state index in [2.05, 4.69) is 104 Å². The third-order valence-corrected chi connectivity index (χ3v) is 18.3. The van der Waals surface area contributed by atoms with Crippen LogP contribution in [0.15, 0.2) is 30.3 Å². The van der Waals surface area contributed by atoms with Crippen LogP contribution in [0.5, 0.6) is 28.7 Å². The number of benzene rings is 2. The minimum atomic E-state index is -0.199. The molecule has 0 aliphatic carbocycles. The van der Waals surface area contributed by atoms with Crippen molar-refractivity contribution in [2.75, 3.05) is 26.9 Å². The maximum absolute atomic E-state index is 11.0. The number of aliphatic hydroxyl groups is 1. The summed E-state index contributed by atoms with van der Waals surface area (Å²) in [6.07, 6.45) is 38.7. The highest BCUT2D eigenvalue weighted by atomic mass is 16.6. The van der Waals surface area contributed by atoms with E-state index in [-0.39, 0.29) is 6.61 Å². The summed E-state index contributed by atoms with van der Waals surface area (Å²) in [5.41, 5.74) is 1.66. The second kappa shape index (κ2) is 45.7. The molecule has 0 aliphatic heterocycles. The van der Waals surface area contributed by atoms with Gasteiger partial charge in [0.15, 0.2) is 11.5 Å². The van der Waals surface area contributed by atoms with Crippen molar-refractivity contribution in [3.63, 3.8) is 0 Å². The fraction of sp³-hybridized carbons (Fsp3) is 0.840. The van der Waals surface area contributed by atoms with Crippen molar-refractivity contribution in [2.45, 2.75) is 310 Å². The number of hydrogen-bond donors (Lipinski definition) is 1. The summed E-state index contributed by atoms with van der Waals surface area (Å²) in [7, 11) is 1.69. The van der Waals surface area contributed by atoms with Crippen molar-refractivity contribution < 1.29 is 28.8 Å². The summed E-state index contributed by atoms with van der Waals surface area (Å²) in [6.45, 7) is 37.8. The highest BCUT2D eigenvalue weighted by molar-refractivity contribution is 5.63. The molecular formula is C75H136O6. The first-order valence-electron chi connectivity index (χ1n) is 34.7. The Kier molecular flexibility index (Phi) is 42.1. The van der Waals surface area contributed by atoms with E-state index in [0.717, 1.165) is 83.8 Å². The normalized spacial score (nSPS) is 15.4. The first-order chi connectivity index (χ1) is 38.8. The van der Waals surface area contributed by atoms with Gasteiger partial charge in [0.2, 0.25) is 11.5 Å². The molecule has 9 unspecified atom stereocenters. The predicted octanol–water partition coefficient (Wildman–Crippen LogP) is 23.3. The molecule has 2 aromatic rings. The van der Waals surface area contributed by atoms with E-state index < -0.39 is 0 Å². The molecule has 6 heteroatoms. The molecule has 0 aromatic heterocycles. The summed E-state index contributed by atoms with van der Waals surface area (Å²) in [5.74, 6) is 12.1. The van der Waals surface area contributed by atoms with Crippen LogP contribution in [0.1, 0.15) is 308 Å². The van der Waals surface area contributed by atoms with Crippen LogP contribution in [0.25, 0.3) is 0 Å². The van der Waals surface area contributed by atoms with Gasteiger partial charge in [0.1, 0.15) is 12.4 Å². The van der Waals surface area contributed by atoms with E-state index in [1.165, 1.54) is 173 Å². The van der Waals surface area contributed by atoms with E-state index in [4.69, 9.17) is 23.7 Å². The Morgan fingerprint density at radius 3 is 0.901 bits per heavy atom. The number of aliphatic hydroxyl groups excluding tert-OH is 1. The Balaban J connectivity index is 2.21. The molecule has 2 aromatic carbocycles. The van der Waals surface area contributed by atoms with Crippen LogP contribution < -0.4 is 23.7 Å². The van der Waals surface area contributed by atoms with Crippen LogP contribution in [0.2, 0.25) is 0 Å². The topological polar surface area (TPSA) is 66.4 Å². The van der Waals surface area contributed by atoms with Crippen LogP contribution >= 0.6 is 0 Å². The van der Waals surface area contributed by atoms with Gasteiger partial charge in [-0.05, 0) is 114 Å². The average molecular weight is 1130 g/mol. The smallest absolute Gasteiger partial charge is 0.207 e. The number of ether oxygens (including phenoxy) is 5. The molecule has 0 radical (unpaired) electrons. The molecule has 2 rings (SSSR count). The SMILES string of the molecule is COc1ccc(COc2c(CO)cc(OCCC(C)CCCC(C)CCCC(C)CCCC(C)C)c(OCCC(C)CCCC(C)CCCC(C)CCCC(C)C)c2OCCC(C)CCCC(C)CCCC(C)CCCC(C)C)cc1. The first-order valence-corrected chi connectivity index (χ1v) is 34.7. The van der Waals surface area contributed by atoms with Crippen LogP contribution in [0, 0.1) is 71.0 Å². The molecule has 9 atom stereocenters. The van der Waals surface area contributed by atoms with E-state index >= 15 is 0 Å². The Hall–Kier alpha value is -2.60. The Bertz CT molecular complexity index is 1770. The number of rotatable bonds is 53. The van der Waals surface area contributed by atoms with E-state index in [1.54, 1.807) is 7.11 Å². The van der Waals surface area contributed by atoms with Gasteiger partial charge in [-0.3, -0.25) is 0 Å². The average Bonchev–Trinajstić information content (AvgIpc) is 3.42. The van der Waals surface area contributed by atoms with Crippen molar-refractivity contribution in [2.24, 2.45) is 71.0 Å². The molecule has 472 valence electrons. The second-order valence-corrected chi connectivity index (χ2v) is 28.7. The largest absolute Gasteiger partial charge is 0.497 e. The molecule has 0 heterocycles. The lowest BCUT2D eigenvalue weighted by Crippen LogP contribution is -2.13. The summed E-state index contributed by atoms with van der Waals surface area (Å²) in [5, 5.41) is 11.0. The first kappa shape index (κ1) is 74.5. The third kappa shape index (κ3) is 37.4. The van der Waals surface area contributed by atoms with Crippen molar-refractivity contribution >= 4 is 0 Å². The lowest BCUT2D eigenvalue weighted by Gasteiger charge is -2.24. The van der Waals surface area contributed by atoms with Gasteiger partial charge in [-0.1, -0.05) is 289 Å². The van der Waals surface area contributed by atoms with Gasteiger partial charge in [-0.25, -0.2) is 0 Å². The third-order valence-electron chi connectivity index (χ3n) is 18.3. The minimum absolute atomic E-state index is 0.199. The zero-order valence-corrected chi connectivity index (χ0v) is 56.6. The fourth-order valence-corrected chi connectivity index (χ4v) is 12.1. The molecule has 0 amide bonds. The van der Waals surface area contributed by atoms with Crippen molar-refractivity contribution in [1.82, 2.24) is 0 Å². The molecule has 81 heavy (non-hydrogen) atoms. The molecule has 0 aliphatic rings. The Morgan fingerprint density at radius 2 is 0.605 bits per heavy atom. The van der Waals surface area contributed by atoms with Gasteiger partial charge >= 0.3 is 0 Å². The van der Waals surface area contributed by atoms with Gasteiger partial charge in [0, 0.05) is 5.56 Å². The molecular weight excluding hydrogens is 997 g/mol. The van der Waals surface area contributed by atoms with E-state index in [0.29, 0.717) is 72.7 Å². The molecule has 0 spiro atoms. The second-order valence-electron chi connectivity index (χ2n) is 28.7. The Morgan fingerprint density at radius 1 is 0.321 bits per heavy atom. The number of hydrogen-bond acceptors (Lipinski definition) is 6. The van der Waals surface area contributed by atoms with Gasteiger partial charge in [0.05, 0.1) is 33.5 Å². The minimum Gasteiger partial charge on any atom is -0.497 e. The van der Waals surface area contributed by atoms with Crippen LogP contribution in [-0.4, -0.2) is 32.0 Å². The molecule has 0 bridgehead atoms. The summed E-state index contributed by atoms with van der Waals surface area (Å²) < 4.78 is 32.8. The summed E-state index contributed by atoms with van der Waals surface area (Å²) in [4.78, 5) is 0. The van der Waals surface area contributed by atoms with E-state index in [1.807, 2.05) is 30.3 Å². The van der Waals surface area contributed by atoms with E-state index in [9.17, 15) is 5.11 Å². The zero-order valence-electron chi connectivity index (χ0n) is 56.6. The van der Waals surface area contributed by atoms with Gasteiger partial charge in [-0.15, -0.1) is 0 Å². The molecule has 1 N–H and O–H groups in total. The molecule has 0 fully saturated rings. The zero-order chi connectivity index (χ0) is 59.8. The maximum Gasteiger partial charge on any atom is 0.207 e. The van der Waals surface area contributed by atoms with Gasteiger partial charge < -0.3 is 28.8 Å². The van der Waals surface area contributed by atoms with Gasteiger partial charge in [0.25, 0.3) is 0 Å². The number of methoxy groups -OCH3 is 1.